The summed E-state index contributed by atoms with van der Waals surface area (Å²) in [4.78, 5) is 11.1. The standard InChI is InChI=1S/C10H16O3/c1-5(2)9(11)8-6(3)10(12)13-7(8)4/h5,7-9,11H,3H2,1-2,4H3/t7-,8+,9+/m1/s1. The predicted octanol–water partition coefficient (Wildman–Crippen LogP) is 1.12. The number of esters is 1. The molecule has 0 unspecified atom stereocenters. The summed E-state index contributed by atoms with van der Waals surface area (Å²) in [5.41, 5.74) is 0.397. The van der Waals surface area contributed by atoms with E-state index in [4.69, 9.17) is 4.74 Å². The largest absolute Gasteiger partial charge is 0.459 e. The molecule has 13 heavy (non-hydrogen) atoms. The van der Waals surface area contributed by atoms with Gasteiger partial charge in [0.05, 0.1) is 12.0 Å². The highest BCUT2D eigenvalue weighted by Gasteiger charge is 2.41. The van der Waals surface area contributed by atoms with Crippen LogP contribution in [0.2, 0.25) is 0 Å². The first kappa shape index (κ1) is 10.3. The van der Waals surface area contributed by atoms with Gasteiger partial charge in [0, 0.05) is 5.57 Å². The zero-order chi connectivity index (χ0) is 10.2. The summed E-state index contributed by atoms with van der Waals surface area (Å²) >= 11 is 0. The van der Waals surface area contributed by atoms with E-state index in [0.717, 1.165) is 0 Å². The minimum Gasteiger partial charge on any atom is -0.459 e. The number of aliphatic hydroxyl groups excluding tert-OH is 1. The highest BCUT2D eigenvalue weighted by Crippen LogP contribution is 2.31. The summed E-state index contributed by atoms with van der Waals surface area (Å²) in [5.74, 6) is -0.511. The van der Waals surface area contributed by atoms with Crippen molar-refractivity contribution >= 4 is 5.97 Å². The Balaban J connectivity index is 2.79. The van der Waals surface area contributed by atoms with Gasteiger partial charge in [0.1, 0.15) is 6.10 Å². The predicted molar refractivity (Wildman–Crippen MR) is 49.0 cm³/mol. The summed E-state index contributed by atoms with van der Waals surface area (Å²) in [7, 11) is 0. The van der Waals surface area contributed by atoms with Crippen LogP contribution < -0.4 is 0 Å². The van der Waals surface area contributed by atoms with Gasteiger partial charge in [-0.1, -0.05) is 20.4 Å². The third-order valence-corrected chi connectivity index (χ3v) is 2.51. The fourth-order valence-electron chi connectivity index (χ4n) is 1.64. The molecule has 0 aromatic rings. The molecule has 3 heteroatoms. The molecule has 0 aromatic heterocycles. The van der Waals surface area contributed by atoms with Gasteiger partial charge in [-0.25, -0.2) is 4.79 Å². The number of ether oxygens (including phenoxy) is 1. The lowest BCUT2D eigenvalue weighted by Gasteiger charge is -2.23. The number of hydrogen-bond acceptors (Lipinski definition) is 3. The molecule has 1 aliphatic rings. The third-order valence-electron chi connectivity index (χ3n) is 2.51. The first-order valence-corrected chi connectivity index (χ1v) is 4.53. The first-order valence-electron chi connectivity index (χ1n) is 4.53. The second-order valence-electron chi connectivity index (χ2n) is 3.90. The highest BCUT2D eigenvalue weighted by molar-refractivity contribution is 5.90. The van der Waals surface area contributed by atoms with Crippen LogP contribution in [0, 0.1) is 11.8 Å². The van der Waals surface area contributed by atoms with Crippen molar-refractivity contribution in [1.82, 2.24) is 0 Å². The summed E-state index contributed by atoms with van der Waals surface area (Å²) in [6.45, 7) is 9.24. The topological polar surface area (TPSA) is 46.5 Å². The number of carbonyl (C=O) groups is 1. The lowest BCUT2D eigenvalue weighted by molar-refractivity contribution is -0.138. The second-order valence-corrected chi connectivity index (χ2v) is 3.90. The maximum absolute atomic E-state index is 11.1. The van der Waals surface area contributed by atoms with Gasteiger partial charge >= 0.3 is 5.97 Å². The third kappa shape index (κ3) is 1.75. The van der Waals surface area contributed by atoms with Crippen molar-refractivity contribution in [2.75, 3.05) is 0 Å². The van der Waals surface area contributed by atoms with E-state index in [1.807, 2.05) is 13.8 Å². The van der Waals surface area contributed by atoms with E-state index in [-0.39, 0.29) is 23.9 Å². The Morgan fingerprint density at radius 3 is 2.38 bits per heavy atom. The van der Waals surface area contributed by atoms with Crippen molar-refractivity contribution < 1.29 is 14.6 Å². The van der Waals surface area contributed by atoms with Crippen molar-refractivity contribution in [3.8, 4) is 0 Å². The number of rotatable bonds is 2. The Hall–Kier alpha value is -0.830. The van der Waals surface area contributed by atoms with Crippen molar-refractivity contribution in [3.05, 3.63) is 12.2 Å². The molecule has 3 atom stereocenters. The van der Waals surface area contributed by atoms with Crippen LogP contribution in [-0.4, -0.2) is 23.3 Å². The second kappa shape index (κ2) is 3.50. The molecule has 0 spiro atoms. The zero-order valence-corrected chi connectivity index (χ0v) is 8.28. The van der Waals surface area contributed by atoms with Crippen molar-refractivity contribution in [3.63, 3.8) is 0 Å². The monoisotopic (exact) mass is 184 g/mol. The van der Waals surface area contributed by atoms with Crippen LogP contribution >= 0.6 is 0 Å². The zero-order valence-electron chi connectivity index (χ0n) is 8.28. The molecule has 1 N–H and O–H groups in total. The molecule has 1 fully saturated rings. The van der Waals surface area contributed by atoms with Crippen molar-refractivity contribution in [1.29, 1.82) is 0 Å². The van der Waals surface area contributed by atoms with Crippen LogP contribution in [0.1, 0.15) is 20.8 Å². The van der Waals surface area contributed by atoms with Gasteiger partial charge in [-0.05, 0) is 12.8 Å². The molecule has 1 aliphatic heterocycles. The average Bonchev–Trinajstić information content (AvgIpc) is 2.26. The Kier molecular flexibility index (Phi) is 2.76. The number of hydrogen-bond donors (Lipinski definition) is 1. The van der Waals surface area contributed by atoms with E-state index in [1.165, 1.54) is 0 Å². The lowest BCUT2D eigenvalue weighted by Crippen LogP contribution is -2.31. The van der Waals surface area contributed by atoms with Gasteiger partial charge in [0.15, 0.2) is 0 Å². The molecule has 1 heterocycles. The van der Waals surface area contributed by atoms with Crippen LogP contribution in [0.25, 0.3) is 0 Å². The molecule has 1 rings (SSSR count). The number of cyclic esters (lactones) is 1. The number of aliphatic hydroxyl groups is 1. The van der Waals surface area contributed by atoms with Gasteiger partial charge in [-0.15, -0.1) is 0 Å². The summed E-state index contributed by atoms with van der Waals surface area (Å²) < 4.78 is 4.96. The Morgan fingerprint density at radius 1 is 1.54 bits per heavy atom. The Bertz CT molecular complexity index is 232. The minimum atomic E-state index is -0.547. The lowest BCUT2D eigenvalue weighted by atomic mass is 9.86. The van der Waals surface area contributed by atoms with Crippen LogP contribution in [0.4, 0.5) is 0 Å². The van der Waals surface area contributed by atoms with E-state index < -0.39 is 6.10 Å². The number of carbonyl (C=O) groups excluding carboxylic acids is 1. The summed E-state index contributed by atoms with van der Waals surface area (Å²) in [6, 6.07) is 0. The molecule has 74 valence electrons. The van der Waals surface area contributed by atoms with Gasteiger partial charge in [0.2, 0.25) is 0 Å². The SMILES string of the molecule is C=C1C(=O)O[C@H](C)[C@H]1[C@@H](O)C(C)C. The van der Waals surface area contributed by atoms with Crippen LogP contribution in [0.5, 0.6) is 0 Å². The van der Waals surface area contributed by atoms with E-state index in [2.05, 4.69) is 6.58 Å². The molecule has 0 amide bonds. The summed E-state index contributed by atoms with van der Waals surface area (Å²) in [6.07, 6.45) is -0.800. The fourth-order valence-corrected chi connectivity index (χ4v) is 1.64. The highest BCUT2D eigenvalue weighted by atomic mass is 16.6. The van der Waals surface area contributed by atoms with E-state index in [9.17, 15) is 9.90 Å². The molecule has 1 saturated heterocycles. The minimum absolute atomic E-state index is 0.110. The Morgan fingerprint density at radius 2 is 2.08 bits per heavy atom. The van der Waals surface area contributed by atoms with Gasteiger partial charge in [-0.2, -0.15) is 0 Å². The maximum atomic E-state index is 11.1. The van der Waals surface area contributed by atoms with Crippen LogP contribution in [0.3, 0.4) is 0 Å². The molecular formula is C10H16O3. The van der Waals surface area contributed by atoms with Crippen LogP contribution in [0.15, 0.2) is 12.2 Å². The maximum Gasteiger partial charge on any atom is 0.334 e. The van der Waals surface area contributed by atoms with Gasteiger partial charge in [-0.3, -0.25) is 0 Å². The van der Waals surface area contributed by atoms with Crippen LogP contribution in [-0.2, 0) is 9.53 Å². The summed E-state index contributed by atoms with van der Waals surface area (Å²) in [5, 5.41) is 9.79. The average molecular weight is 184 g/mol. The quantitative estimate of drug-likeness (QED) is 0.516. The molecular weight excluding hydrogens is 168 g/mol. The molecule has 0 aromatic carbocycles. The van der Waals surface area contributed by atoms with Crippen molar-refractivity contribution in [2.45, 2.75) is 33.0 Å². The smallest absolute Gasteiger partial charge is 0.334 e. The van der Waals surface area contributed by atoms with Crippen molar-refractivity contribution in [2.24, 2.45) is 11.8 Å². The normalized spacial score (nSPS) is 30.8. The molecule has 0 bridgehead atoms. The molecule has 0 radical (unpaired) electrons. The van der Waals surface area contributed by atoms with Gasteiger partial charge < -0.3 is 9.84 Å². The molecule has 0 saturated carbocycles. The first-order chi connectivity index (χ1) is 5.95. The Labute approximate surface area is 78.4 Å². The van der Waals surface area contributed by atoms with E-state index in [0.29, 0.717) is 5.57 Å². The molecule has 3 nitrogen and oxygen atoms in total. The van der Waals surface area contributed by atoms with Gasteiger partial charge in [0.25, 0.3) is 0 Å². The molecule has 0 aliphatic carbocycles. The fraction of sp³-hybridized carbons (Fsp3) is 0.700. The van der Waals surface area contributed by atoms with E-state index >= 15 is 0 Å². The van der Waals surface area contributed by atoms with E-state index in [1.54, 1.807) is 6.92 Å².